The first-order valence-corrected chi connectivity index (χ1v) is 7.19. The Bertz CT molecular complexity index is 348. The van der Waals surface area contributed by atoms with Crippen molar-refractivity contribution >= 4 is 12.0 Å². The fourth-order valence-corrected chi connectivity index (χ4v) is 2.54. The Kier molecular flexibility index (Phi) is 6.26. The molecule has 0 aromatic rings. The third-order valence-corrected chi connectivity index (χ3v) is 4.10. The average molecular weight is 286 g/mol. The van der Waals surface area contributed by atoms with Gasteiger partial charge in [0.15, 0.2) is 0 Å². The Labute approximate surface area is 120 Å². The average Bonchev–Trinajstić information content (AvgIpc) is 2.80. The molecule has 2 amide bonds. The second-order valence-corrected chi connectivity index (χ2v) is 5.55. The first kappa shape index (κ1) is 16.8. The van der Waals surface area contributed by atoms with Crippen LogP contribution in [0.5, 0.6) is 0 Å². The van der Waals surface area contributed by atoms with Crippen molar-refractivity contribution in [1.82, 2.24) is 9.80 Å². The fraction of sp³-hybridized carbons (Fsp3) is 0.857. The monoisotopic (exact) mass is 286 g/mol. The Morgan fingerprint density at radius 3 is 2.55 bits per heavy atom. The third-order valence-electron chi connectivity index (χ3n) is 4.10. The molecular formula is C14H26N2O4. The highest BCUT2D eigenvalue weighted by atomic mass is 16.5. The fourth-order valence-electron chi connectivity index (χ4n) is 2.54. The van der Waals surface area contributed by atoms with Gasteiger partial charge in [0, 0.05) is 32.8 Å². The molecule has 20 heavy (non-hydrogen) atoms. The first-order valence-electron chi connectivity index (χ1n) is 7.19. The second kappa shape index (κ2) is 7.47. The Morgan fingerprint density at radius 2 is 2.10 bits per heavy atom. The normalized spacial score (nSPS) is 23.7. The van der Waals surface area contributed by atoms with Crippen LogP contribution in [-0.2, 0) is 9.53 Å². The van der Waals surface area contributed by atoms with Crippen molar-refractivity contribution in [3.05, 3.63) is 0 Å². The molecule has 1 heterocycles. The van der Waals surface area contributed by atoms with Crippen molar-refractivity contribution in [2.24, 2.45) is 11.8 Å². The molecule has 0 radical (unpaired) electrons. The molecular weight excluding hydrogens is 260 g/mol. The highest BCUT2D eigenvalue weighted by Crippen LogP contribution is 2.24. The molecule has 1 N–H and O–H groups in total. The predicted octanol–water partition coefficient (Wildman–Crippen LogP) is 1.51. The van der Waals surface area contributed by atoms with E-state index in [9.17, 15) is 9.59 Å². The van der Waals surface area contributed by atoms with Crippen LogP contribution in [0, 0.1) is 11.8 Å². The van der Waals surface area contributed by atoms with E-state index < -0.39 is 11.9 Å². The highest BCUT2D eigenvalue weighted by molar-refractivity contribution is 5.78. The van der Waals surface area contributed by atoms with Gasteiger partial charge in [0.2, 0.25) is 0 Å². The number of carbonyl (C=O) groups is 2. The van der Waals surface area contributed by atoms with Crippen LogP contribution in [0.2, 0.25) is 0 Å². The molecule has 116 valence electrons. The lowest BCUT2D eigenvalue weighted by atomic mass is 9.99. The van der Waals surface area contributed by atoms with Crippen molar-refractivity contribution in [1.29, 1.82) is 0 Å². The number of carboxylic acids is 1. The van der Waals surface area contributed by atoms with Crippen LogP contribution >= 0.6 is 0 Å². The molecule has 3 unspecified atom stereocenters. The van der Waals surface area contributed by atoms with E-state index in [0.29, 0.717) is 26.2 Å². The number of hydrogen-bond donors (Lipinski definition) is 1. The van der Waals surface area contributed by atoms with E-state index in [1.54, 1.807) is 16.9 Å². The van der Waals surface area contributed by atoms with Gasteiger partial charge in [0.1, 0.15) is 0 Å². The van der Waals surface area contributed by atoms with Gasteiger partial charge in [-0.15, -0.1) is 0 Å². The lowest BCUT2D eigenvalue weighted by Gasteiger charge is -2.32. The maximum absolute atomic E-state index is 12.6. The second-order valence-electron chi connectivity index (χ2n) is 5.55. The number of amides is 2. The van der Waals surface area contributed by atoms with Crippen LogP contribution in [0.15, 0.2) is 0 Å². The van der Waals surface area contributed by atoms with E-state index >= 15 is 0 Å². The predicted molar refractivity (Wildman–Crippen MR) is 75.6 cm³/mol. The SMILES string of the molecule is CCC(C)N(CCOC)C(=O)N1CC(C)C(C(=O)O)C1. The van der Waals surface area contributed by atoms with E-state index in [0.717, 1.165) is 6.42 Å². The molecule has 1 aliphatic rings. The van der Waals surface area contributed by atoms with Crippen molar-refractivity contribution in [3.63, 3.8) is 0 Å². The van der Waals surface area contributed by atoms with E-state index in [1.807, 2.05) is 20.8 Å². The maximum Gasteiger partial charge on any atom is 0.320 e. The highest BCUT2D eigenvalue weighted by Gasteiger charge is 2.38. The topological polar surface area (TPSA) is 70.1 Å². The van der Waals surface area contributed by atoms with E-state index in [4.69, 9.17) is 9.84 Å². The summed E-state index contributed by atoms with van der Waals surface area (Å²) in [5, 5.41) is 9.15. The zero-order valence-corrected chi connectivity index (χ0v) is 12.8. The molecule has 3 atom stereocenters. The quantitative estimate of drug-likeness (QED) is 0.803. The Balaban J connectivity index is 2.72. The number of carboxylic acid groups (broad SMARTS) is 1. The van der Waals surface area contributed by atoms with Gasteiger partial charge >= 0.3 is 12.0 Å². The van der Waals surface area contributed by atoms with E-state index in [-0.39, 0.29) is 18.0 Å². The van der Waals surface area contributed by atoms with Gasteiger partial charge in [-0.05, 0) is 19.3 Å². The van der Waals surface area contributed by atoms with Gasteiger partial charge < -0.3 is 19.6 Å². The van der Waals surface area contributed by atoms with Gasteiger partial charge in [-0.2, -0.15) is 0 Å². The molecule has 6 nitrogen and oxygen atoms in total. The van der Waals surface area contributed by atoms with Crippen molar-refractivity contribution in [2.75, 3.05) is 33.4 Å². The van der Waals surface area contributed by atoms with Gasteiger partial charge in [0.25, 0.3) is 0 Å². The van der Waals surface area contributed by atoms with Crippen molar-refractivity contribution < 1.29 is 19.4 Å². The largest absolute Gasteiger partial charge is 0.481 e. The number of carbonyl (C=O) groups excluding carboxylic acids is 1. The number of hydrogen-bond acceptors (Lipinski definition) is 3. The van der Waals surface area contributed by atoms with Crippen LogP contribution < -0.4 is 0 Å². The lowest BCUT2D eigenvalue weighted by molar-refractivity contribution is -0.142. The molecule has 1 fully saturated rings. The number of rotatable bonds is 6. The van der Waals surface area contributed by atoms with Gasteiger partial charge in [-0.1, -0.05) is 13.8 Å². The number of urea groups is 1. The first-order chi connectivity index (χ1) is 9.42. The molecule has 1 aliphatic heterocycles. The minimum atomic E-state index is -0.820. The molecule has 0 aliphatic carbocycles. The van der Waals surface area contributed by atoms with Crippen molar-refractivity contribution in [2.45, 2.75) is 33.2 Å². The van der Waals surface area contributed by atoms with Gasteiger partial charge in [-0.3, -0.25) is 4.79 Å². The molecule has 0 aromatic heterocycles. The van der Waals surface area contributed by atoms with Gasteiger partial charge in [-0.25, -0.2) is 4.79 Å². The molecule has 6 heteroatoms. The van der Waals surface area contributed by atoms with Crippen molar-refractivity contribution in [3.8, 4) is 0 Å². The summed E-state index contributed by atoms with van der Waals surface area (Å²) >= 11 is 0. The summed E-state index contributed by atoms with van der Waals surface area (Å²) in [6.07, 6.45) is 0.862. The number of methoxy groups -OCH3 is 1. The van der Waals surface area contributed by atoms with Crippen LogP contribution in [0.1, 0.15) is 27.2 Å². The van der Waals surface area contributed by atoms with E-state index in [2.05, 4.69) is 0 Å². The third kappa shape index (κ3) is 3.85. The minimum absolute atomic E-state index is 0.00217. The Morgan fingerprint density at radius 1 is 1.45 bits per heavy atom. The summed E-state index contributed by atoms with van der Waals surface area (Å²) in [5.41, 5.74) is 0. The summed E-state index contributed by atoms with van der Waals surface area (Å²) < 4.78 is 5.05. The molecule has 1 rings (SSSR count). The maximum atomic E-state index is 12.6. The summed E-state index contributed by atoms with van der Waals surface area (Å²) in [7, 11) is 1.61. The molecule has 0 aromatic carbocycles. The number of aliphatic carboxylic acids is 1. The van der Waals surface area contributed by atoms with Gasteiger partial charge in [0.05, 0.1) is 12.5 Å². The number of likely N-dealkylation sites (tertiary alicyclic amines) is 1. The summed E-state index contributed by atoms with van der Waals surface area (Å²) in [6, 6.07) is 0.0452. The number of ether oxygens (including phenoxy) is 1. The van der Waals surface area contributed by atoms with Crippen LogP contribution in [0.3, 0.4) is 0 Å². The molecule has 0 bridgehead atoms. The molecule has 0 saturated carbocycles. The molecule has 0 spiro atoms. The zero-order valence-electron chi connectivity index (χ0n) is 12.8. The number of nitrogens with zero attached hydrogens (tertiary/aromatic N) is 2. The zero-order chi connectivity index (χ0) is 15.3. The smallest absolute Gasteiger partial charge is 0.320 e. The van der Waals surface area contributed by atoms with Crippen LogP contribution in [0.25, 0.3) is 0 Å². The minimum Gasteiger partial charge on any atom is -0.481 e. The summed E-state index contributed by atoms with van der Waals surface area (Å²) in [6.45, 7) is 7.75. The summed E-state index contributed by atoms with van der Waals surface area (Å²) in [4.78, 5) is 27.1. The Hall–Kier alpha value is -1.30. The van der Waals surface area contributed by atoms with Crippen LogP contribution in [-0.4, -0.2) is 66.3 Å². The lowest BCUT2D eigenvalue weighted by Crippen LogP contribution is -2.48. The van der Waals surface area contributed by atoms with Crippen LogP contribution in [0.4, 0.5) is 4.79 Å². The summed E-state index contributed by atoms with van der Waals surface area (Å²) in [5.74, 6) is -1.28. The standard InChI is InChI=1S/C14H26N2O4/c1-5-11(3)16(6-7-20-4)14(19)15-8-10(2)12(9-15)13(17)18/h10-12H,5-9H2,1-4H3,(H,17,18). The molecule has 1 saturated heterocycles. The van der Waals surface area contributed by atoms with E-state index in [1.165, 1.54) is 0 Å².